The Kier molecular flexibility index (Phi) is 18.5. The van der Waals surface area contributed by atoms with Gasteiger partial charge < -0.3 is 25.5 Å². The van der Waals surface area contributed by atoms with E-state index in [1.807, 2.05) is 43.3 Å². The van der Waals surface area contributed by atoms with Crippen molar-refractivity contribution in [1.29, 1.82) is 0 Å². The zero-order valence-electron chi connectivity index (χ0n) is 38.1. The lowest BCUT2D eigenvalue weighted by Crippen LogP contribution is -2.36. The van der Waals surface area contributed by atoms with Crippen molar-refractivity contribution in [3.8, 4) is 11.1 Å². The van der Waals surface area contributed by atoms with Gasteiger partial charge in [-0.05, 0) is 161 Å². The summed E-state index contributed by atoms with van der Waals surface area (Å²) in [6.45, 7) is 12.6. The molecule has 5 aromatic carbocycles. The molecule has 11 heteroatoms. The number of amides is 2. The Morgan fingerprint density at radius 2 is 1.38 bits per heavy atom. The number of benzene rings is 5. The van der Waals surface area contributed by atoms with Crippen molar-refractivity contribution in [3.63, 3.8) is 0 Å². The summed E-state index contributed by atoms with van der Waals surface area (Å²) < 4.78 is 13.5. The molecule has 8 nitrogen and oxygen atoms in total. The van der Waals surface area contributed by atoms with Gasteiger partial charge in [-0.15, -0.1) is 0 Å². The first-order valence-electron chi connectivity index (χ1n) is 22.4. The highest BCUT2D eigenvalue weighted by Gasteiger charge is 2.25. The fourth-order valence-corrected chi connectivity index (χ4v) is 8.85. The number of aliphatic hydroxyl groups is 2. The molecule has 0 bridgehead atoms. The third kappa shape index (κ3) is 13.8. The summed E-state index contributed by atoms with van der Waals surface area (Å²) in [6.07, 6.45) is 6.64. The Morgan fingerprint density at radius 3 is 1.92 bits per heavy atom. The fourth-order valence-electron chi connectivity index (χ4n) is 8.28. The summed E-state index contributed by atoms with van der Waals surface area (Å²) >= 11 is 12.3. The highest BCUT2D eigenvalue weighted by molar-refractivity contribution is 6.34. The van der Waals surface area contributed by atoms with E-state index in [0.717, 1.165) is 59.2 Å². The number of aliphatic carboxylic acids is 1. The smallest absolute Gasteiger partial charge is 0.334 e. The average Bonchev–Trinajstić information content (AvgIpc) is 3.27. The minimum Gasteiger partial charge on any atom is -0.479 e. The molecule has 2 amide bonds. The molecule has 65 heavy (non-hydrogen) atoms. The zero-order chi connectivity index (χ0) is 47.4. The van der Waals surface area contributed by atoms with E-state index in [1.54, 1.807) is 47.4 Å². The maximum atomic E-state index is 13.6. The number of hydrogen-bond acceptors (Lipinski definition) is 5. The number of hydrogen-bond donors (Lipinski definition) is 4. The van der Waals surface area contributed by atoms with Crippen LogP contribution in [-0.4, -0.2) is 45.8 Å². The summed E-state index contributed by atoms with van der Waals surface area (Å²) in [6, 6.07) is 28.7. The Labute approximate surface area is 393 Å². The van der Waals surface area contributed by atoms with Gasteiger partial charge in [0.1, 0.15) is 5.82 Å². The van der Waals surface area contributed by atoms with Gasteiger partial charge in [0, 0.05) is 21.3 Å². The molecule has 0 radical (unpaired) electrons. The number of carboxylic acids is 1. The fraction of sp³-hybridized carbons (Fsp3) is 0.352. The van der Waals surface area contributed by atoms with Gasteiger partial charge in [0.2, 0.25) is 5.91 Å². The van der Waals surface area contributed by atoms with E-state index in [1.165, 1.54) is 47.2 Å². The van der Waals surface area contributed by atoms with E-state index in [0.29, 0.717) is 33.0 Å². The Morgan fingerprint density at radius 1 is 0.769 bits per heavy atom. The van der Waals surface area contributed by atoms with Crippen LogP contribution < -0.4 is 10.2 Å². The molecule has 0 fully saturated rings. The highest BCUT2D eigenvalue weighted by Crippen LogP contribution is 2.42. The minimum atomic E-state index is -1.68. The van der Waals surface area contributed by atoms with Crippen LogP contribution in [0.15, 0.2) is 103 Å². The van der Waals surface area contributed by atoms with Crippen molar-refractivity contribution in [2.45, 2.75) is 117 Å². The number of nitrogens with one attached hydrogen (secondary N) is 1. The normalized spacial score (nSPS) is 13.4. The predicted molar refractivity (Wildman–Crippen MR) is 261 cm³/mol. The number of anilines is 1. The molecule has 0 spiro atoms. The summed E-state index contributed by atoms with van der Waals surface area (Å²) in [7, 11) is 0. The van der Waals surface area contributed by atoms with Crippen LogP contribution in [0.25, 0.3) is 16.7 Å². The van der Waals surface area contributed by atoms with Crippen LogP contribution in [0.5, 0.6) is 0 Å². The first-order chi connectivity index (χ1) is 31.0. The van der Waals surface area contributed by atoms with Crippen LogP contribution in [0, 0.1) is 5.82 Å². The van der Waals surface area contributed by atoms with Gasteiger partial charge in [-0.2, -0.15) is 0 Å². The van der Waals surface area contributed by atoms with Crippen molar-refractivity contribution in [1.82, 2.24) is 5.32 Å². The summed E-state index contributed by atoms with van der Waals surface area (Å²) in [5.41, 5.74) is 11.9. The van der Waals surface area contributed by atoms with Gasteiger partial charge in [-0.3, -0.25) is 9.59 Å². The highest BCUT2D eigenvalue weighted by atomic mass is 35.5. The van der Waals surface area contributed by atoms with Gasteiger partial charge in [0.15, 0.2) is 6.10 Å². The van der Waals surface area contributed by atoms with E-state index in [-0.39, 0.29) is 24.7 Å². The molecule has 0 aliphatic heterocycles. The number of carbonyl (C=O) groups is 3. The van der Waals surface area contributed by atoms with Gasteiger partial charge in [-0.25, -0.2) is 9.18 Å². The number of rotatable bonds is 16. The molecule has 4 N–H and O–H groups in total. The molecule has 344 valence electrons. The number of halogens is 3. The van der Waals surface area contributed by atoms with Crippen molar-refractivity contribution < 1.29 is 34.1 Å². The number of allylic oxidation sites excluding steroid dienone is 2. The molecule has 0 aromatic heterocycles. The first kappa shape index (κ1) is 50.7. The maximum Gasteiger partial charge on any atom is 0.334 e. The summed E-state index contributed by atoms with van der Waals surface area (Å²) in [5.74, 6) is -1.58. The lowest BCUT2D eigenvalue weighted by atomic mass is 9.79. The number of carbonyl (C=O) groups excluding carboxylic acids is 2. The molecule has 0 heterocycles. The largest absolute Gasteiger partial charge is 0.479 e. The zero-order valence-corrected chi connectivity index (χ0v) is 39.6. The third-order valence-electron chi connectivity index (χ3n) is 11.6. The lowest BCUT2D eigenvalue weighted by molar-refractivity contribution is -0.146. The van der Waals surface area contributed by atoms with Crippen LogP contribution in [0.4, 0.5) is 10.1 Å². The maximum absolute atomic E-state index is 13.6. The van der Waals surface area contributed by atoms with E-state index in [2.05, 4.69) is 52.1 Å². The molecule has 0 saturated carbocycles. The Balaban J connectivity index is 0.000000273. The molecule has 1 unspecified atom stereocenters. The summed E-state index contributed by atoms with van der Waals surface area (Å²) in [4.78, 5) is 38.4. The second-order valence-corrected chi connectivity index (χ2v) is 18.2. The van der Waals surface area contributed by atoms with Crippen molar-refractivity contribution in [3.05, 3.63) is 164 Å². The Hall–Kier alpha value is -5.32. The molecule has 5 aromatic rings. The minimum absolute atomic E-state index is 0.0968. The molecule has 0 saturated heterocycles. The third-order valence-corrected chi connectivity index (χ3v) is 12.0. The van der Waals surface area contributed by atoms with E-state index >= 15 is 0 Å². The van der Waals surface area contributed by atoms with E-state index in [9.17, 15) is 29.0 Å². The van der Waals surface area contributed by atoms with Crippen molar-refractivity contribution in [2.24, 2.45) is 0 Å². The molecule has 2 atom stereocenters. The standard InChI is InChI=1S/C31H30Cl2N2O5.C23H31FO/c32-25-14-21(15-26(33)17-25)16-29(37)35(27-12-10-23(11-13-27)22-4-2-1-3-5-22)19-20-6-8-24(9-7-20)30(38)34-18-28(36)31(39)40;1-7-8-19-20(14(2)3)13-21(15(4)5)22(16(6)25)23(19)17-9-11-18(24)12-10-17/h4,6-15,17,28,36H,1-3,5,16,18-19H2,(H,34,38)(H,39,40);9-16,25H,7-8H2,1-6H3/t28-;/m1./s1. The van der Waals surface area contributed by atoms with Crippen LogP contribution in [-0.2, 0) is 29.0 Å². The van der Waals surface area contributed by atoms with Crippen LogP contribution >= 0.6 is 23.2 Å². The number of carboxylic acid groups (broad SMARTS) is 1. The van der Waals surface area contributed by atoms with Gasteiger partial charge in [0.25, 0.3) is 5.91 Å². The van der Waals surface area contributed by atoms with Gasteiger partial charge in [0.05, 0.1) is 25.6 Å². The average molecular weight is 924 g/mol. The SMILES string of the molecule is CCCc1c(C(C)C)cc(C(C)C)c(C(C)O)c1-c1ccc(F)cc1.O=C(NC[C@@H](O)C(=O)O)c1ccc(CN(C(=O)Cc2cc(Cl)cc(Cl)c2)c2ccc(C3=CCCCC3)cc2)cc1. The molecular formula is C54H61Cl2FN2O6. The second-order valence-electron chi connectivity index (χ2n) is 17.3. The van der Waals surface area contributed by atoms with Crippen molar-refractivity contribution in [2.75, 3.05) is 11.4 Å². The Bertz CT molecular complexity index is 2430. The second kappa shape index (κ2) is 23.7. The first-order valence-corrected chi connectivity index (χ1v) is 23.2. The van der Waals surface area contributed by atoms with E-state index < -0.39 is 30.6 Å². The predicted octanol–water partition coefficient (Wildman–Crippen LogP) is 12.6. The quantitative estimate of drug-likeness (QED) is 0.0781. The lowest BCUT2D eigenvalue weighted by Gasteiger charge is -2.27. The molecule has 1 aliphatic rings. The van der Waals surface area contributed by atoms with Crippen LogP contribution in [0.2, 0.25) is 10.0 Å². The monoisotopic (exact) mass is 922 g/mol. The van der Waals surface area contributed by atoms with Crippen molar-refractivity contribution >= 4 is 52.2 Å². The van der Waals surface area contributed by atoms with Gasteiger partial charge >= 0.3 is 5.97 Å². The van der Waals surface area contributed by atoms with E-state index in [4.69, 9.17) is 28.3 Å². The molecular weight excluding hydrogens is 863 g/mol. The van der Waals surface area contributed by atoms with Crippen LogP contribution in [0.3, 0.4) is 0 Å². The molecule has 1 aliphatic carbocycles. The number of nitrogens with zero attached hydrogens (tertiary/aromatic N) is 1. The van der Waals surface area contributed by atoms with Gasteiger partial charge in [-0.1, -0.05) is 113 Å². The summed E-state index contributed by atoms with van der Waals surface area (Å²) in [5, 5.41) is 32.1. The topological polar surface area (TPSA) is 127 Å². The molecule has 6 rings (SSSR count). The van der Waals surface area contributed by atoms with Crippen LogP contribution in [0.1, 0.15) is 141 Å². The number of aliphatic hydroxyl groups excluding tert-OH is 2.